The minimum Gasteiger partial charge on any atom is -0.326 e. The summed E-state index contributed by atoms with van der Waals surface area (Å²) < 4.78 is 15.2. The molecule has 1 heterocycles. The van der Waals surface area contributed by atoms with Gasteiger partial charge in [-0.05, 0) is 49.2 Å². The fourth-order valence-corrected chi connectivity index (χ4v) is 4.85. The number of amides is 1. The molecule has 5 nitrogen and oxygen atoms in total. The van der Waals surface area contributed by atoms with Crippen LogP contribution in [0.1, 0.15) is 38.1 Å². The van der Waals surface area contributed by atoms with E-state index in [9.17, 15) is 9.18 Å². The molecule has 1 N–H and O–H groups in total. The Labute approximate surface area is 184 Å². The largest absolute Gasteiger partial charge is 0.326 e. The predicted molar refractivity (Wildman–Crippen MR) is 118 cm³/mol. The Morgan fingerprint density at radius 2 is 1.87 bits per heavy atom. The van der Waals surface area contributed by atoms with Crippen LogP contribution in [0.5, 0.6) is 0 Å². The molecule has 1 saturated carbocycles. The zero-order valence-electron chi connectivity index (χ0n) is 16.4. The lowest BCUT2D eigenvalue weighted by Crippen LogP contribution is -2.13. The zero-order chi connectivity index (χ0) is 20.9. The van der Waals surface area contributed by atoms with Crippen LogP contribution in [-0.4, -0.2) is 26.4 Å². The molecule has 0 radical (unpaired) electrons. The maximum Gasteiger partial charge on any atom is 0.225 e. The third kappa shape index (κ3) is 4.84. The maximum atomic E-state index is 13.0. The Balaban J connectivity index is 1.45. The molecule has 1 aliphatic carbocycles. The molecule has 0 bridgehead atoms. The van der Waals surface area contributed by atoms with Gasteiger partial charge in [-0.15, -0.1) is 10.2 Å². The van der Waals surface area contributed by atoms with Crippen LogP contribution >= 0.6 is 23.4 Å². The van der Waals surface area contributed by atoms with Crippen molar-refractivity contribution in [3.8, 4) is 11.4 Å². The number of rotatable bonds is 7. The third-order valence-corrected chi connectivity index (χ3v) is 6.43. The van der Waals surface area contributed by atoms with Crippen LogP contribution in [0.2, 0.25) is 5.02 Å². The van der Waals surface area contributed by atoms with Crippen LogP contribution in [0.3, 0.4) is 0 Å². The van der Waals surface area contributed by atoms with Gasteiger partial charge in [-0.2, -0.15) is 0 Å². The summed E-state index contributed by atoms with van der Waals surface area (Å²) in [5.74, 6) is 0.905. The SMILES string of the molecule is O=C(CCSc1nnc(-c2ccccc2Cl)n1C1CCCC1)Nc1ccc(F)cc1. The van der Waals surface area contributed by atoms with E-state index >= 15 is 0 Å². The Morgan fingerprint density at radius 1 is 1.13 bits per heavy atom. The lowest BCUT2D eigenvalue weighted by molar-refractivity contribution is -0.115. The molecular weight excluding hydrogens is 423 g/mol. The lowest BCUT2D eigenvalue weighted by Gasteiger charge is -2.17. The van der Waals surface area contributed by atoms with Gasteiger partial charge in [-0.1, -0.05) is 48.3 Å². The van der Waals surface area contributed by atoms with Gasteiger partial charge in [-0.25, -0.2) is 4.39 Å². The van der Waals surface area contributed by atoms with Crippen LogP contribution in [0.15, 0.2) is 53.7 Å². The van der Waals surface area contributed by atoms with Gasteiger partial charge in [0.2, 0.25) is 5.91 Å². The first kappa shape index (κ1) is 20.9. The molecule has 3 aromatic rings. The first-order valence-electron chi connectivity index (χ1n) is 10.00. The number of halogens is 2. The van der Waals surface area contributed by atoms with Crippen LogP contribution in [0.4, 0.5) is 10.1 Å². The molecule has 0 atom stereocenters. The molecule has 1 aromatic heterocycles. The van der Waals surface area contributed by atoms with E-state index in [1.165, 1.54) is 36.7 Å². The Bertz CT molecular complexity index is 1020. The summed E-state index contributed by atoms with van der Waals surface area (Å²) in [6, 6.07) is 13.8. The molecule has 30 heavy (non-hydrogen) atoms. The summed E-state index contributed by atoms with van der Waals surface area (Å²) in [5, 5.41) is 13.1. The van der Waals surface area contributed by atoms with Gasteiger partial charge >= 0.3 is 0 Å². The van der Waals surface area contributed by atoms with Crippen molar-refractivity contribution < 1.29 is 9.18 Å². The van der Waals surface area contributed by atoms with Crippen LogP contribution < -0.4 is 5.32 Å². The van der Waals surface area contributed by atoms with Crippen LogP contribution in [-0.2, 0) is 4.79 Å². The maximum absolute atomic E-state index is 13.0. The van der Waals surface area contributed by atoms with Crippen molar-refractivity contribution in [1.29, 1.82) is 0 Å². The van der Waals surface area contributed by atoms with Crippen molar-refractivity contribution in [3.05, 3.63) is 59.4 Å². The van der Waals surface area contributed by atoms with E-state index in [1.807, 2.05) is 24.3 Å². The Kier molecular flexibility index (Phi) is 6.69. The monoisotopic (exact) mass is 444 g/mol. The van der Waals surface area contributed by atoms with Crippen molar-refractivity contribution in [3.63, 3.8) is 0 Å². The number of hydrogen-bond donors (Lipinski definition) is 1. The minimum absolute atomic E-state index is 0.118. The second kappa shape index (κ2) is 9.62. The molecule has 2 aromatic carbocycles. The van der Waals surface area contributed by atoms with Crippen molar-refractivity contribution in [2.24, 2.45) is 0 Å². The molecule has 4 rings (SSSR count). The number of anilines is 1. The van der Waals surface area contributed by atoms with E-state index in [1.54, 1.807) is 12.1 Å². The molecule has 1 amide bonds. The van der Waals surface area contributed by atoms with Gasteiger partial charge in [-0.3, -0.25) is 9.36 Å². The summed E-state index contributed by atoms with van der Waals surface area (Å²) in [4.78, 5) is 12.2. The van der Waals surface area contributed by atoms with Gasteiger partial charge in [0, 0.05) is 29.5 Å². The summed E-state index contributed by atoms with van der Waals surface area (Å²) in [7, 11) is 0. The number of nitrogens with zero attached hydrogens (tertiary/aromatic N) is 3. The third-order valence-electron chi connectivity index (χ3n) is 5.16. The number of thioether (sulfide) groups is 1. The zero-order valence-corrected chi connectivity index (χ0v) is 17.9. The first-order valence-corrected chi connectivity index (χ1v) is 11.4. The standard InChI is InChI=1S/C22H22ClFN4OS/c23-19-8-4-3-7-18(19)21-26-27-22(28(21)17-5-1-2-6-17)30-14-13-20(29)25-16-11-9-15(24)10-12-16/h3-4,7-12,17H,1-2,5-6,13-14H2,(H,25,29). The van der Waals surface area contributed by atoms with E-state index in [4.69, 9.17) is 11.6 Å². The number of hydrogen-bond acceptors (Lipinski definition) is 4. The van der Waals surface area contributed by atoms with Gasteiger partial charge in [0.05, 0.1) is 5.02 Å². The number of nitrogens with one attached hydrogen (secondary N) is 1. The quantitative estimate of drug-likeness (QED) is 0.456. The highest BCUT2D eigenvalue weighted by molar-refractivity contribution is 7.99. The highest BCUT2D eigenvalue weighted by Gasteiger charge is 2.25. The molecule has 0 saturated heterocycles. The summed E-state index contributed by atoms with van der Waals surface area (Å²) in [6.45, 7) is 0. The molecule has 0 aliphatic heterocycles. The highest BCUT2D eigenvalue weighted by Crippen LogP contribution is 2.38. The normalized spacial score (nSPS) is 14.2. The molecule has 1 aliphatic rings. The number of benzene rings is 2. The summed E-state index contributed by atoms with van der Waals surface area (Å²) >= 11 is 7.94. The lowest BCUT2D eigenvalue weighted by atomic mass is 10.2. The van der Waals surface area contributed by atoms with Crippen molar-refractivity contribution in [1.82, 2.24) is 14.8 Å². The van der Waals surface area contributed by atoms with E-state index in [-0.39, 0.29) is 11.7 Å². The Hall–Kier alpha value is -2.38. The second-order valence-electron chi connectivity index (χ2n) is 7.25. The van der Waals surface area contributed by atoms with E-state index in [0.29, 0.717) is 28.9 Å². The van der Waals surface area contributed by atoms with Crippen molar-refractivity contribution in [2.75, 3.05) is 11.1 Å². The minimum atomic E-state index is -0.330. The topological polar surface area (TPSA) is 59.8 Å². The highest BCUT2D eigenvalue weighted by atomic mass is 35.5. The average Bonchev–Trinajstić information content (AvgIpc) is 3.40. The first-order chi connectivity index (χ1) is 14.6. The van der Waals surface area contributed by atoms with Gasteiger partial charge in [0.15, 0.2) is 11.0 Å². The average molecular weight is 445 g/mol. The predicted octanol–water partition coefficient (Wildman–Crippen LogP) is 5.97. The fraction of sp³-hybridized carbons (Fsp3) is 0.318. The molecule has 0 spiro atoms. The van der Waals surface area contributed by atoms with E-state index in [0.717, 1.165) is 29.4 Å². The van der Waals surface area contributed by atoms with Crippen LogP contribution in [0, 0.1) is 5.82 Å². The van der Waals surface area contributed by atoms with E-state index < -0.39 is 0 Å². The van der Waals surface area contributed by atoms with Gasteiger partial charge in [0.25, 0.3) is 0 Å². The number of carbonyl (C=O) groups is 1. The van der Waals surface area contributed by atoms with Gasteiger partial charge in [0.1, 0.15) is 5.82 Å². The number of carbonyl (C=O) groups excluding carboxylic acids is 1. The van der Waals surface area contributed by atoms with Gasteiger partial charge < -0.3 is 5.32 Å². The molecule has 1 fully saturated rings. The van der Waals surface area contributed by atoms with Crippen LogP contribution in [0.25, 0.3) is 11.4 Å². The van der Waals surface area contributed by atoms with E-state index in [2.05, 4.69) is 20.1 Å². The Morgan fingerprint density at radius 3 is 2.60 bits per heavy atom. The summed E-state index contributed by atoms with van der Waals surface area (Å²) in [5.41, 5.74) is 1.46. The molecule has 0 unspecified atom stereocenters. The fourth-order valence-electron chi connectivity index (χ4n) is 3.68. The van der Waals surface area contributed by atoms with Crippen molar-refractivity contribution >= 4 is 35.0 Å². The molecule has 156 valence electrons. The molecule has 8 heteroatoms. The number of aromatic nitrogens is 3. The molecular formula is C22H22ClFN4OS. The summed E-state index contributed by atoms with van der Waals surface area (Å²) in [6.07, 6.45) is 4.88. The second-order valence-corrected chi connectivity index (χ2v) is 8.72. The smallest absolute Gasteiger partial charge is 0.225 e. The van der Waals surface area contributed by atoms with Crippen molar-refractivity contribution in [2.45, 2.75) is 43.3 Å².